The molecule has 0 amide bonds. The molecule has 0 bridgehead atoms. The largest absolute Gasteiger partial charge is 0.464 e. The number of pyridine rings is 1. The molecular formula is C10H7F2IN2O2S. The maximum atomic E-state index is 13.8. The molecule has 0 saturated carbocycles. The smallest absolute Gasteiger partial charge is 0.355 e. The standard InChI is InChI=1S/C10H7F2IN2O2S/c1-4-7(11)8(12)5-3-6(10(16)17-2)15(18-13)9(5)14-4/h3H,1-2H3. The highest BCUT2D eigenvalue weighted by Gasteiger charge is 2.22. The molecule has 0 aromatic carbocycles. The fourth-order valence-corrected chi connectivity index (χ4v) is 3.15. The van der Waals surface area contributed by atoms with Crippen molar-refractivity contribution >= 4 is 47.3 Å². The van der Waals surface area contributed by atoms with E-state index in [2.05, 4.69) is 9.72 Å². The number of aromatic nitrogens is 2. The van der Waals surface area contributed by atoms with Crippen LogP contribution in [-0.2, 0) is 4.74 Å². The fourth-order valence-electron chi connectivity index (χ4n) is 1.55. The molecule has 0 aliphatic heterocycles. The molecule has 4 nitrogen and oxygen atoms in total. The van der Waals surface area contributed by atoms with Crippen molar-refractivity contribution in [3.63, 3.8) is 0 Å². The van der Waals surface area contributed by atoms with Gasteiger partial charge in [0.25, 0.3) is 0 Å². The van der Waals surface area contributed by atoms with E-state index < -0.39 is 17.6 Å². The summed E-state index contributed by atoms with van der Waals surface area (Å²) in [5.74, 6) is -2.64. The van der Waals surface area contributed by atoms with Crippen molar-refractivity contribution in [3.8, 4) is 0 Å². The number of nitrogens with zero attached hydrogens (tertiary/aromatic N) is 2. The Balaban J connectivity index is 2.85. The second-order valence-corrected chi connectivity index (χ2v) is 5.13. The number of hydrogen-bond donors (Lipinski definition) is 0. The molecule has 96 valence electrons. The van der Waals surface area contributed by atoms with Crippen LogP contribution in [-0.4, -0.2) is 22.0 Å². The lowest BCUT2D eigenvalue weighted by molar-refractivity contribution is 0.0594. The molecule has 2 aromatic heterocycles. The van der Waals surface area contributed by atoms with Crippen LogP contribution >= 0.6 is 30.3 Å². The van der Waals surface area contributed by atoms with Crippen LogP contribution in [0.3, 0.4) is 0 Å². The lowest BCUT2D eigenvalue weighted by Crippen LogP contribution is -2.05. The summed E-state index contributed by atoms with van der Waals surface area (Å²) < 4.78 is 33.2. The Morgan fingerprint density at radius 2 is 2.17 bits per heavy atom. The predicted molar refractivity (Wildman–Crippen MR) is 72.7 cm³/mol. The highest BCUT2D eigenvalue weighted by Crippen LogP contribution is 2.30. The van der Waals surface area contributed by atoms with E-state index >= 15 is 0 Å². The van der Waals surface area contributed by atoms with Crippen LogP contribution in [0.1, 0.15) is 16.2 Å². The molecule has 0 N–H and O–H groups in total. The van der Waals surface area contributed by atoms with Crippen molar-refractivity contribution in [3.05, 3.63) is 29.1 Å². The van der Waals surface area contributed by atoms with Crippen molar-refractivity contribution in [2.75, 3.05) is 7.11 Å². The Morgan fingerprint density at radius 1 is 1.50 bits per heavy atom. The first kappa shape index (κ1) is 13.5. The van der Waals surface area contributed by atoms with Gasteiger partial charge in [-0.3, -0.25) is 3.97 Å². The van der Waals surface area contributed by atoms with E-state index in [1.807, 2.05) is 21.2 Å². The van der Waals surface area contributed by atoms with Gasteiger partial charge in [-0.25, -0.2) is 18.6 Å². The molecule has 0 atom stereocenters. The van der Waals surface area contributed by atoms with Gasteiger partial charge < -0.3 is 4.74 Å². The van der Waals surface area contributed by atoms with Crippen LogP contribution in [0.4, 0.5) is 8.78 Å². The highest BCUT2D eigenvalue weighted by atomic mass is 127. The van der Waals surface area contributed by atoms with E-state index in [9.17, 15) is 13.6 Å². The number of halogens is 3. The summed E-state index contributed by atoms with van der Waals surface area (Å²) in [6.07, 6.45) is 0. The summed E-state index contributed by atoms with van der Waals surface area (Å²) in [7, 11) is 2.35. The van der Waals surface area contributed by atoms with Gasteiger partial charge in [-0.2, -0.15) is 0 Å². The average molecular weight is 384 g/mol. The first-order valence-corrected chi connectivity index (χ1v) is 8.07. The minimum absolute atomic E-state index is 0.0392. The van der Waals surface area contributed by atoms with E-state index in [4.69, 9.17) is 0 Å². The monoisotopic (exact) mass is 384 g/mol. The van der Waals surface area contributed by atoms with Gasteiger partial charge in [-0.1, -0.05) is 0 Å². The SMILES string of the molecule is COC(=O)c1cc2c(F)c(F)c(C)nc2n1SI. The molecule has 8 heteroatoms. The number of hydrogen-bond acceptors (Lipinski definition) is 4. The zero-order chi connectivity index (χ0) is 13.4. The Hall–Kier alpha value is -0.900. The van der Waals surface area contributed by atoms with Crippen LogP contribution in [0.15, 0.2) is 6.07 Å². The molecule has 2 heterocycles. The highest BCUT2D eigenvalue weighted by molar-refractivity contribution is 14.2. The number of carbonyl (C=O) groups excluding carboxylic acids is 1. The van der Waals surface area contributed by atoms with Gasteiger partial charge in [0.1, 0.15) is 5.69 Å². The summed E-state index contributed by atoms with van der Waals surface area (Å²) in [5, 5.41) is -0.0392. The van der Waals surface area contributed by atoms with Crippen LogP contribution in [0.5, 0.6) is 0 Å². The number of esters is 1. The van der Waals surface area contributed by atoms with Crippen molar-refractivity contribution in [2.24, 2.45) is 0 Å². The van der Waals surface area contributed by atoms with Gasteiger partial charge in [-0.05, 0) is 13.0 Å². The third-order valence-corrected chi connectivity index (χ3v) is 4.11. The maximum Gasteiger partial charge on any atom is 0.355 e. The summed E-state index contributed by atoms with van der Waals surface area (Å²) in [6.45, 7) is 1.37. The summed E-state index contributed by atoms with van der Waals surface area (Å²) >= 11 is 1.92. The molecule has 0 fully saturated rings. The van der Waals surface area contributed by atoms with E-state index in [0.717, 1.165) is 9.12 Å². The summed E-state index contributed by atoms with van der Waals surface area (Å²) in [4.78, 5) is 15.5. The van der Waals surface area contributed by atoms with Crippen LogP contribution in [0.2, 0.25) is 0 Å². The third-order valence-electron chi connectivity index (χ3n) is 2.42. The number of methoxy groups -OCH3 is 1. The average Bonchev–Trinajstić information content (AvgIpc) is 2.73. The van der Waals surface area contributed by atoms with Gasteiger partial charge in [0.2, 0.25) is 0 Å². The lowest BCUT2D eigenvalue weighted by atomic mass is 10.2. The van der Waals surface area contributed by atoms with Gasteiger partial charge in [-0.15, -0.1) is 0 Å². The number of rotatable bonds is 2. The van der Waals surface area contributed by atoms with Gasteiger partial charge in [0, 0.05) is 30.3 Å². The van der Waals surface area contributed by atoms with Crippen molar-refractivity contribution < 1.29 is 18.3 Å². The molecule has 2 aromatic rings. The van der Waals surface area contributed by atoms with Crippen LogP contribution in [0, 0.1) is 18.6 Å². The molecule has 0 unspecified atom stereocenters. The fraction of sp³-hybridized carbons (Fsp3) is 0.200. The number of aryl methyl sites for hydroxylation is 1. The molecule has 0 aliphatic carbocycles. The normalized spacial score (nSPS) is 10.9. The van der Waals surface area contributed by atoms with Crippen molar-refractivity contribution in [1.29, 1.82) is 0 Å². The lowest BCUT2D eigenvalue weighted by Gasteiger charge is -2.04. The Kier molecular flexibility index (Phi) is 3.76. The first-order chi connectivity index (χ1) is 8.51. The Labute approximate surface area is 117 Å². The van der Waals surface area contributed by atoms with Crippen LogP contribution in [0.25, 0.3) is 11.0 Å². The second kappa shape index (κ2) is 5.00. The number of fused-ring (bicyclic) bond motifs is 1. The Morgan fingerprint density at radius 3 is 2.72 bits per heavy atom. The second-order valence-electron chi connectivity index (χ2n) is 3.45. The van der Waals surface area contributed by atoms with Crippen molar-refractivity contribution in [1.82, 2.24) is 8.96 Å². The molecule has 0 aliphatic rings. The molecule has 0 saturated heterocycles. The van der Waals surface area contributed by atoms with Crippen LogP contribution < -0.4 is 0 Å². The topological polar surface area (TPSA) is 44.1 Å². The van der Waals surface area contributed by atoms with Crippen molar-refractivity contribution in [2.45, 2.75) is 6.92 Å². The molecule has 0 spiro atoms. The van der Waals surface area contributed by atoms with E-state index in [1.165, 1.54) is 24.1 Å². The van der Waals surface area contributed by atoms with E-state index in [1.54, 1.807) is 0 Å². The Bertz CT molecular complexity index is 645. The minimum atomic E-state index is -1.01. The molecule has 0 radical (unpaired) electrons. The quantitative estimate of drug-likeness (QED) is 0.589. The van der Waals surface area contributed by atoms with Gasteiger partial charge >= 0.3 is 5.97 Å². The third kappa shape index (κ3) is 1.96. The van der Waals surface area contributed by atoms with Gasteiger partial charge in [0.15, 0.2) is 17.3 Å². The number of carbonyl (C=O) groups is 1. The molecular weight excluding hydrogens is 377 g/mol. The summed E-state index contributed by atoms with van der Waals surface area (Å²) in [6, 6.07) is 1.23. The predicted octanol–water partition coefficient (Wildman–Crippen LogP) is 3.26. The first-order valence-electron chi connectivity index (χ1n) is 4.75. The summed E-state index contributed by atoms with van der Waals surface area (Å²) in [5.41, 5.74) is 0.260. The maximum absolute atomic E-state index is 13.8. The minimum Gasteiger partial charge on any atom is -0.464 e. The molecule has 18 heavy (non-hydrogen) atoms. The zero-order valence-corrected chi connectivity index (χ0v) is 12.3. The molecule has 2 rings (SSSR count). The number of ether oxygens (including phenoxy) is 1. The van der Waals surface area contributed by atoms with Gasteiger partial charge in [0.05, 0.1) is 18.2 Å². The van der Waals surface area contributed by atoms with E-state index in [-0.39, 0.29) is 22.4 Å². The zero-order valence-electron chi connectivity index (χ0n) is 9.33. The van der Waals surface area contributed by atoms with E-state index in [0.29, 0.717) is 0 Å².